The maximum Gasteiger partial charge on any atom is 0.259 e. The summed E-state index contributed by atoms with van der Waals surface area (Å²) in [6.45, 7) is 4.10. The van der Waals surface area contributed by atoms with Gasteiger partial charge in [0, 0.05) is 21.7 Å². The highest BCUT2D eigenvalue weighted by molar-refractivity contribution is 7.21. The fraction of sp³-hybridized carbons (Fsp3) is 0.238. The van der Waals surface area contributed by atoms with E-state index in [0.717, 1.165) is 40.6 Å². The van der Waals surface area contributed by atoms with Gasteiger partial charge in [-0.3, -0.25) is 4.79 Å². The van der Waals surface area contributed by atoms with Gasteiger partial charge in [0.15, 0.2) is 5.82 Å². The third kappa shape index (κ3) is 3.04. The van der Waals surface area contributed by atoms with Gasteiger partial charge >= 0.3 is 0 Å². The van der Waals surface area contributed by atoms with E-state index >= 15 is 0 Å². The molecular weight excluding hydrogens is 374 g/mol. The van der Waals surface area contributed by atoms with E-state index in [1.807, 2.05) is 35.6 Å². The molecule has 0 saturated carbocycles. The second kappa shape index (κ2) is 6.71. The molecule has 5 rings (SSSR count). The van der Waals surface area contributed by atoms with Crippen LogP contribution in [0.2, 0.25) is 0 Å². The molecule has 27 heavy (non-hydrogen) atoms. The van der Waals surface area contributed by atoms with Gasteiger partial charge in [0.2, 0.25) is 0 Å². The lowest BCUT2D eigenvalue weighted by Gasteiger charge is -2.29. The van der Waals surface area contributed by atoms with Gasteiger partial charge in [-0.05, 0) is 30.0 Å². The van der Waals surface area contributed by atoms with Gasteiger partial charge in [0.1, 0.15) is 17.4 Å². The standard InChI is InChI=1S/C21H19N3OS2/c1-13-15-8-10-26-17(15)7-9-24(13)12-19-22-20(25)16-11-18(27-21(16)23-19)14-5-3-2-4-6-14/h2-6,8,10-11,13H,7,9,12H2,1H3,(H,22,23,25)/p+1/t13-/m1/s1. The Bertz CT molecular complexity index is 1160. The lowest BCUT2D eigenvalue weighted by atomic mass is 10.0. The Kier molecular flexibility index (Phi) is 4.19. The van der Waals surface area contributed by atoms with Gasteiger partial charge in [0.25, 0.3) is 5.56 Å². The summed E-state index contributed by atoms with van der Waals surface area (Å²) in [6, 6.07) is 14.8. The van der Waals surface area contributed by atoms with Crippen molar-refractivity contribution in [1.82, 2.24) is 9.97 Å². The summed E-state index contributed by atoms with van der Waals surface area (Å²) in [6.07, 6.45) is 1.11. The van der Waals surface area contributed by atoms with Crippen molar-refractivity contribution >= 4 is 32.9 Å². The monoisotopic (exact) mass is 394 g/mol. The van der Waals surface area contributed by atoms with Crippen molar-refractivity contribution in [3.8, 4) is 10.4 Å². The Hall–Kier alpha value is -2.28. The van der Waals surface area contributed by atoms with Crippen LogP contribution in [0.4, 0.5) is 0 Å². The van der Waals surface area contributed by atoms with Gasteiger partial charge in [-0.2, -0.15) is 0 Å². The van der Waals surface area contributed by atoms with Crippen LogP contribution in [0, 0.1) is 0 Å². The van der Waals surface area contributed by atoms with E-state index in [1.165, 1.54) is 15.3 Å². The van der Waals surface area contributed by atoms with E-state index in [2.05, 4.69) is 35.5 Å². The van der Waals surface area contributed by atoms with Crippen LogP contribution >= 0.6 is 22.7 Å². The second-order valence-corrected chi connectivity index (χ2v) is 9.10. The molecule has 1 unspecified atom stereocenters. The maximum absolute atomic E-state index is 12.6. The minimum atomic E-state index is -0.0336. The molecule has 6 heteroatoms. The van der Waals surface area contributed by atoms with Crippen LogP contribution in [0.1, 0.15) is 29.2 Å². The lowest BCUT2D eigenvalue weighted by Crippen LogP contribution is -3.11. The highest BCUT2D eigenvalue weighted by Gasteiger charge is 2.29. The number of hydrogen-bond donors (Lipinski definition) is 2. The van der Waals surface area contributed by atoms with E-state index in [9.17, 15) is 4.79 Å². The average Bonchev–Trinajstić information content (AvgIpc) is 3.32. The van der Waals surface area contributed by atoms with E-state index < -0.39 is 0 Å². The predicted molar refractivity (Wildman–Crippen MR) is 112 cm³/mol. The summed E-state index contributed by atoms with van der Waals surface area (Å²) in [5.41, 5.74) is 2.54. The molecule has 2 N–H and O–H groups in total. The number of rotatable bonds is 3. The fourth-order valence-electron chi connectivity index (χ4n) is 3.91. The minimum Gasteiger partial charge on any atom is -0.322 e. The molecule has 4 nitrogen and oxygen atoms in total. The molecule has 0 bridgehead atoms. The molecule has 1 aliphatic rings. The van der Waals surface area contributed by atoms with Crippen molar-refractivity contribution in [3.05, 3.63) is 74.5 Å². The molecule has 0 spiro atoms. The number of aromatic amines is 1. The summed E-state index contributed by atoms with van der Waals surface area (Å²) < 4.78 is 0. The minimum absolute atomic E-state index is 0.0336. The van der Waals surface area contributed by atoms with Crippen LogP contribution in [-0.2, 0) is 13.0 Å². The van der Waals surface area contributed by atoms with Crippen molar-refractivity contribution in [2.24, 2.45) is 0 Å². The number of quaternary nitrogens is 1. The number of aromatic nitrogens is 2. The zero-order chi connectivity index (χ0) is 18.4. The molecule has 4 heterocycles. The molecule has 0 radical (unpaired) electrons. The topological polar surface area (TPSA) is 50.2 Å². The molecule has 2 atom stereocenters. The second-order valence-electron chi connectivity index (χ2n) is 7.06. The Labute approximate surface area is 165 Å². The number of nitrogens with one attached hydrogen (secondary N) is 2. The van der Waals surface area contributed by atoms with Gasteiger partial charge in [0.05, 0.1) is 11.9 Å². The first kappa shape index (κ1) is 16.9. The van der Waals surface area contributed by atoms with Crippen LogP contribution < -0.4 is 10.5 Å². The zero-order valence-electron chi connectivity index (χ0n) is 15.0. The average molecular weight is 395 g/mol. The van der Waals surface area contributed by atoms with Gasteiger partial charge in [-0.25, -0.2) is 4.98 Å². The number of H-pyrrole nitrogens is 1. The first-order chi connectivity index (χ1) is 13.2. The Morgan fingerprint density at radius 2 is 2.11 bits per heavy atom. The predicted octanol–water partition coefficient (Wildman–Crippen LogP) is 3.42. The van der Waals surface area contributed by atoms with E-state index in [4.69, 9.17) is 4.98 Å². The van der Waals surface area contributed by atoms with Crippen molar-refractivity contribution in [3.63, 3.8) is 0 Å². The number of thiophene rings is 2. The number of nitrogens with zero attached hydrogens (tertiary/aromatic N) is 1. The molecule has 0 aliphatic carbocycles. The molecule has 0 amide bonds. The van der Waals surface area contributed by atoms with Gasteiger partial charge in [-0.15, -0.1) is 22.7 Å². The first-order valence-corrected chi connectivity index (χ1v) is 10.9. The van der Waals surface area contributed by atoms with E-state index in [1.54, 1.807) is 11.3 Å². The molecule has 4 aromatic rings. The highest BCUT2D eigenvalue weighted by atomic mass is 32.1. The third-order valence-electron chi connectivity index (χ3n) is 5.44. The number of hydrogen-bond acceptors (Lipinski definition) is 4. The van der Waals surface area contributed by atoms with Crippen LogP contribution in [-0.4, -0.2) is 16.5 Å². The molecular formula is C21H20N3OS2+. The van der Waals surface area contributed by atoms with Crippen LogP contribution in [0.3, 0.4) is 0 Å². The quantitative estimate of drug-likeness (QED) is 0.559. The first-order valence-electron chi connectivity index (χ1n) is 9.18. The molecule has 0 saturated heterocycles. The van der Waals surface area contributed by atoms with Crippen molar-refractivity contribution < 1.29 is 4.90 Å². The van der Waals surface area contributed by atoms with Crippen LogP contribution in [0.15, 0.2) is 52.6 Å². The maximum atomic E-state index is 12.6. The van der Waals surface area contributed by atoms with E-state index in [0.29, 0.717) is 11.4 Å². The van der Waals surface area contributed by atoms with Crippen molar-refractivity contribution in [2.75, 3.05) is 6.54 Å². The molecule has 3 aromatic heterocycles. The number of benzene rings is 1. The van der Waals surface area contributed by atoms with E-state index in [-0.39, 0.29) is 5.56 Å². The fourth-order valence-corrected chi connectivity index (χ4v) is 5.95. The Balaban J connectivity index is 1.47. The van der Waals surface area contributed by atoms with Crippen molar-refractivity contribution in [1.29, 1.82) is 0 Å². The van der Waals surface area contributed by atoms with Crippen LogP contribution in [0.25, 0.3) is 20.7 Å². The number of fused-ring (bicyclic) bond motifs is 2. The summed E-state index contributed by atoms with van der Waals surface area (Å²) in [4.78, 5) is 25.3. The Morgan fingerprint density at radius 3 is 2.96 bits per heavy atom. The summed E-state index contributed by atoms with van der Waals surface area (Å²) in [5, 5.41) is 2.87. The SMILES string of the molecule is C[C@@H]1c2ccsc2CC[NH+]1Cc1nc2sc(-c3ccccc3)cc2c(=O)[nH]1. The summed E-state index contributed by atoms with van der Waals surface area (Å²) in [5.74, 6) is 0.787. The lowest BCUT2D eigenvalue weighted by molar-refractivity contribution is -0.945. The summed E-state index contributed by atoms with van der Waals surface area (Å²) in [7, 11) is 0. The van der Waals surface area contributed by atoms with Crippen molar-refractivity contribution in [2.45, 2.75) is 25.9 Å². The normalized spacial score (nSPS) is 19.3. The molecule has 136 valence electrons. The highest BCUT2D eigenvalue weighted by Crippen LogP contribution is 2.30. The van der Waals surface area contributed by atoms with Gasteiger partial charge in [-0.1, -0.05) is 30.3 Å². The Morgan fingerprint density at radius 1 is 1.26 bits per heavy atom. The molecule has 1 aliphatic heterocycles. The van der Waals surface area contributed by atoms with Crippen LogP contribution in [0.5, 0.6) is 0 Å². The third-order valence-corrected chi connectivity index (χ3v) is 7.51. The summed E-state index contributed by atoms with van der Waals surface area (Å²) >= 11 is 3.45. The largest absolute Gasteiger partial charge is 0.322 e. The molecule has 1 aromatic carbocycles. The smallest absolute Gasteiger partial charge is 0.259 e. The molecule has 0 fully saturated rings. The zero-order valence-corrected chi connectivity index (χ0v) is 16.6. The van der Waals surface area contributed by atoms with Gasteiger partial charge < -0.3 is 9.88 Å².